The molecule has 1 aromatic heterocycles. The maximum absolute atomic E-state index is 12.1. The molecule has 1 amide bonds. The highest BCUT2D eigenvalue weighted by molar-refractivity contribution is 6.30. The molecule has 0 aliphatic carbocycles. The van der Waals surface area contributed by atoms with Crippen molar-refractivity contribution in [2.75, 3.05) is 0 Å². The summed E-state index contributed by atoms with van der Waals surface area (Å²) in [6, 6.07) is 15.0. The summed E-state index contributed by atoms with van der Waals surface area (Å²) in [6.45, 7) is 2.25. The smallest absolute Gasteiger partial charge is 0.224 e. The molecule has 0 spiro atoms. The molecule has 0 fully saturated rings. The molecule has 3 rings (SSSR count). The Bertz CT molecular complexity index is 844. The number of hydrogen-bond acceptors (Lipinski definition) is 4. The minimum absolute atomic E-state index is 0.0775. The molecule has 7 heteroatoms. The number of nitrogens with zero attached hydrogens (tertiary/aromatic N) is 4. The highest BCUT2D eigenvalue weighted by atomic mass is 35.5. The van der Waals surface area contributed by atoms with Gasteiger partial charge in [-0.05, 0) is 47.2 Å². The van der Waals surface area contributed by atoms with Crippen LogP contribution in [0.3, 0.4) is 0 Å². The molecule has 1 N–H and O–H groups in total. The Hall–Kier alpha value is -2.73. The standard InChI is InChI=1S/C17H16ClN5O/c1-12-3-2-4-13(9-12)10-17(24)19-11-16-20-21-22-23(16)15-7-5-14(18)6-8-15/h2-9H,10-11H2,1H3,(H,19,24). The van der Waals surface area contributed by atoms with Crippen LogP contribution in [-0.2, 0) is 17.8 Å². The minimum atomic E-state index is -0.0775. The second-order valence-corrected chi connectivity index (χ2v) is 5.86. The van der Waals surface area contributed by atoms with Crippen LogP contribution in [0.4, 0.5) is 0 Å². The number of tetrazole rings is 1. The highest BCUT2D eigenvalue weighted by Gasteiger charge is 2.10. The Morgan fingerprint density at radius 3 is 2.75 bits per heavy atom. The van der Waals surface area contributed by atoms with Crippen LogP contribution in [0.2, 0.25) is 5.02 Å². The third-order valence-corrected chi connectivity index (χ3v) is 3.75. The van der Waals surface area contributed by atoms with Crippen LogP contribution in [-0.4, -0.2) is 26.1 Å². The lowest BCUT2D eigenvalue weighted by Crippen LogP contribution is -2.26. The number of rotatable bonds is 5. The number of carbonyl (C=O) groups excluding carboxylic acids is 1. The quantitative estimate of drug-likeness (QED) is 0.773. The normalized spacial score (nSPS) is 10.6. The van der Waals surface area contributed by atoms with E-state index in [-0.39, 0.29) is 12.5 Å². The summed E-state index contributed by atoms with van der Waals surface area (Å²) < 4.78 is 1.57. The van der Waals surface area contributed by atoms with Gasteiger partial charge in [-0.25, -0.2) is 0 Å². The van der Waals surface area contributed by atoms with Gasteiger partial charge in [-0.1, -0.05) is 41.4 Å². The average molecular weight is 342 g/mol. The number of nitrogens with one attached hydrogen (secondary N) is 1. The summed E-state index contributed by atoms with van der Waals surface area (Å²) in [4.78, 5) is 12.1. The van der Waals surface area contributed by atoms with Gasteiger partial charge in [-0.2, -0.15) is 4.68 Å². The molecule has 0 saturated carbocycles. The van der Waals surface area contributed by atoms with E-state index >= 15 is 0 Å². The third-order valence-electron chi connectivity index (χ3n) is 3.50. The lowest BCUT2D eigenvalue weighted by Gasteiger charge is -2.07. The van der Waals surface area contributed by atoms with Crippen LogP contribution in [0.1, 0.15) is 17.0 Å². The molecule has 3 aromatic rings. The third kappa shape index (κ3) is 3.97. The molecule has 0 radical (unpaired) electrons. The molecule has 1 heterocycles. The van der Waals surface area contributed by atoms with E-state index in [1.165, 1.54) is 0 Å². The van der Waals surface area contributed by atoms with Gasteiger partial charge < -0.3 is 5.32 Å². The van der Waals surface area contributed by atoms with Crippen LogP contribution in [0.5, 0.6) is 0 Å². The van der Waals surface area contributed by atoms with E-state index in [9.17, 15) is 4.79 Å². The van der Waals surface area contributed by atoms with Crippen LogP contribution >= 0.6 is 11.6 Å². The first-order valence-electron chi connectivity index (χ1n) is 7.47. The van der Waals surface area contributed by atoms with Crippen molar-refractivity contribution in [1.82, 2.24) is 25.5 Å². The van der Waals surface area contributed by atoms with E-state index in [4.69, 9.17) is 11.6 Å². The van der Waals surface area contributed by atoms with Gasteiger partial charge in [0.2, 0.25) is 5.91 Å². The SMILES string of the molecule is Cc1cccc(CC(=O)NCc2nnnn2-c2ccc(Cl)cc2)c1. The lowest BCUT2D eigenvalue weighted by atomic mass is 10.1. The molecular weight excluding hydrogens is 326 g/mol. The second-order valence-electron chi connectivity index (χ2n) is 5.43. The maximum Gasteiger partial charge on any atom is 0.224 e. The largest absolute Gasteiger partial charge is 0.348 e. The van der Waals surface area contributed by atoms with Crippen molar-refractivity contribution in [2.45, 2.75) is 19.9 Å². The number of hydrogen-bond donors (Lipinski definition) is 1. The van der Waals surface area contributed by atoms with Gasteiger partial charge in [0.25, 0.3) is 0 Å². The summed E-state index contributed by atoms with van der Waals surface area (Å²) in [5, 5.41) is 15.1. The Morgan fingerprint density at radius 2 is 2.00 bits per heavy atom. The number of carbonyl (C=O) groups is 1. The van der Waals surface area contributed by atoms with E-state index in [1.807, 2.05) is 43.3 Å². The molecule has 0 aliphatic rings. The highest BCUT2D eigenvalue weighted by Crippen LogP contribution is 2.13. The minimum Gasteiger partial charge on any atom is -0.348 e. The number of amides is 1. The zero-order chi connectivity index (χ0) is 16.9. The summed E-state index contributed by atoms with van der Waals surface area (Å²) in [5.74, 6) is 0.473. The van der Waals surface area contributed by atoms with Gasteiger partial charge in [0.15, 0.2) is 5.82 Å². The Balaban J connectivity index is 1.64. The van der Waals surface area contributed by atoms with Gasteiger partial charge in [0.1, 0.15) is 0 Å². The molecule has 6 nitrogen and oxygen atoms in total. The van der Waals surface area contributed by atoms with Crippen molar-refractivity contribution in [3.8, 4) is 5.69 Å². The number of benzene rings is 2. The van der Waals surface area contributed by atoms with Gasteiger partial charge in [0, 0.05) is 5.02 Å². The fourth-order valence-electron chi connectivity index (χ4n) is 2.35. The molecule has 122 valence electrons. The van der Waals surface area contributed by atoms with E-state index in [1.54, 1.807) is 16.8 Å². The van der Waals surface area contributed by atoms with E-state index < -0.39 is 0 Å². The zero-order valence-corrected chi connectivity index (χ0v) is 13.9. The zero-order valence-electron chi connectivity index (χ0n) is 13.1. The molecule has 24 heavy (non-hydrogen) atoms. The molecule has 0 unspecified atom stereocenters. The van der Waals surface area contributed by atoms with E-state index in [0.717, 1.165) is 16.8 Å². The molecule has 2 aromatic carbocycles. The van der Waals surface area contributed by atoms with Crippen molar-refractivity contribution >= 4 is 17.5 Å². The van der Waals surface area contributed by atoms with Crippen molar-refractivity contribution < 1.29 is 4.79 Å². The maximum atomic E-state index is 12.1. The van der Waals surface area contributed by atoms with Crippen molar-refractivity contribution in [1.29, 1.82) is 0 Å². The predicted molar refractivity (Wildman–Crippen MR) is 90.9 cm³/mol. The van der Waals surface area contributed by atoms with Crippen LogP contribution in [0.15, 0.2) is 48.5 Å². The van der Waals surface area contributed by atoms with Crippen molar-refractivity contribution in [3.05, 3.63) is 70.5 Å². The molecule has 0 bridgehead atoms. The topological polar surface area (TPSA) is 72.7 Å². The van der Waals surface area contributed by atoms with Crippen LogP contribution in [0.25, 0.3) is 5.69 Å². The first-order valence-corrected chi connectivity index (χ1v) is 7.85. The second kappa shape index (κ2) is 7.23. The van der Waals surface area contributed by atoms with Crippen molar-refractivity contribution in [2.24, 2.45) is 0 Å². The lowest BCUT2D eigenvalue weighted by molar-refractivity contribution is -0.120. The molecular formula is C17H16ClN5O. The summed E-state index contributed by atoms with van der Waals surface area (Å²) in [5.41, 5.74) is 2.89. The Labute approximate surface area is 144 Å². The number of halogens is 1. The van der Waals surface area contributed by atoms with Gasteiger partial charge in [0.05, 0.1) is 18.7 Å². The van der Waals surface area contributed by atoms with Gasteiger partial charge >= 0.3 is 0 Å². The number of aromatic nitrogens is 4. The Morgan fingerprint density at radius 1 is 1.21 bits per heavy atom. The van der Waals surface area contributed by atoms with Gasteiger partial charge in [-0.3, -0.25) is 4.79 Å². The van der Waals surface area contributed by atoms with Crippen LogP contribution in [0, 0.1) is 6.92 Å². The van der Waals surface area contributed by atoms with Crippen LogP contribution < -0.4 is 5.32 Å². The number of aryl methyl sites for hydroxylation is 1. The monoisotopic (exact) mass is 341 g/mol. The predicted octanol–water partition coefficient (Wildman–Crippen LogP) is 2.48. The van der Waals surface area contributed by atoms with E-state index in [2.05, 4.69) is 20.8 Å². The first kappa shape index (κ1) is 16.1. The Kier molecular flexibility index (Phi) is 4.86. The molecule has 0 aliphatic heterocycles. The summed E-state index contributed by atoms with van der Waals surface area (Å²) >= 11 is 5.89. The average Bonchev–Trinajstić information content (AvgIpc) is 3.02. The molecule has 0 saturated heterocycles. The fourth-order valence-corrected chi connectivity index (χ4v) is 2.47. The molecule has 0 atom stereocenters. The van der Waals surface area contributed by atoms with E-state index in [0.29, 0.717) is 17.3 Å². The first-order chi connectivity index (χ1) is 11.6. The summed E-state index contributed by atoms with van der Waals surface area (Å²) in [7, 11) is 0. The fraction of sp³-hybridized carbons (Fsp3) is 0.176. The van der Waals surface area contributed by atoms with Crippen molar-refractivity contribution in [3.63, 3.8) is 0 Å². The summed E-state index contributed by atoms with van der Waals surface area (Å²) in [6.07, 6.45) is 0.324. The van der Waals surface area contributed by atoms with Gasteiger partial charge in [-0.15, -0.1) is 5.10 Å².